The number of hydrogen-bond acceptors (Lipinski definition) is 3. The van der Waals surface area contributed by atoms with E-state index in [4.69, 9.17) is 5.11 Å². The van der Waals surface area contributed by atoms with Gasteiger partial charge in [-0.25, -0.2) is 4.79 Å². The van der Waals surface area contributed by atoms with Crippen molar-refractivity contribution < 1.29 is 19.8 Å². The predicted molar refractivity (Wildman–Crippen MR) is 77.0 cm³/mol. The van der Waals surface area contributed by atoms with Crippen molar-refractivity contribution in [3.63, 3.8) is 0 Å². The summed E-state index contributed by atoms with van der Waals surface area (Å²) in [5.41, 5.74) is 0.233. The fraction of sp³-hybridized carbons (Fsp3) is 0.467. The second-order valence-electron chi connectivity index (χ2n) is 4.80. The fourth-order valence-corrected chi connectivity index (χ4v) is 2.11. The number of benzene rings is 1. The molecule has 0 aliphatic rings. The van der Waals surface area contributed by atoms with Crippen molar-refractivity contribution in [1.29, 1.82) is 0 Å². The van der Waals surface area contributed by atoms with Gasteiger partial charge >= 0.3 is 5.97 Å². The Hall–Kier alpha value is -2.04. The number of phenols is 1. The highest BCUT2D eigenvalue weighted by atomic mass is 16.4. The Morgan fingerprint density at radius 3 is 2.25 bits per heavy atom. The maximum atomic E-state index is 12.1. The van der Waals surface area contributed by atoms with Crippen LogP contribution < -0.4 is 5.32 Å². The summed E-state index contributed by atoms with van der Waals surface area (Å²) in [6.07, 6.45) is 3.44. The SMILES string of the molecule is CCCC(CCC)C(=O)Nc1ccc(C(=O)O)cc1O. The van der Waals surface area contributed by atoms with Gasteiger partial charge in [-0.2, -0.15) is 0 Å². The summed E-state index contributed by atoms with van der Waals surface area (Å²) >= 11 is 0. The lowest BCUT2D eigenvalue weighted by atomic mass is 9.97. The summed E-state index contributed by atoms with van der Waals surface area (Å²) in [4.78, 5) is 22.9. The molecule has 0 radical (unpaired) electrons. The smallest absolute Gasteiger partial charge is 0.335 e. The van der Waals surface area contributed by atoms with Crippen LogP contribution in [0.3, 0.4) is 0 Å². The van der Waals surface area contributed by atoms with E-state index in [-0.39, 0.29) is 28.8 Å². The van der Waals surface area contributed by atoms with Gasteiger partial charge in [0.25, 0.3) is 0 Å². The van der Waals surface area contributed by atoms with Crippen molar-refractivity contribution in [2.45, 2.75) is 39.5 Å². The zero-order valence-electron chi connectivity index (χ0n) is 11.8. The zero-order valence-corrected chi connectivity index (χ0v) is 11.8. The Labute approximate surface area is 118 Å². The molecule has 110 valence electrons. The van der Waals surface area contributed by atoms with Crippen LogP contribution in [0.2, 0.25) is 0 Å². The summed E-state index contributed by atoms with van der Waals surface area (Å²) in [6, 6.07) is 3.89. The van der Waals surface area contributed by atoms with Crippen LogP contribution in [0, 0.1) is 5.92 Å². The summed E-state index contributed by atoms with van der Waals surface area (Å²) < 4.78 is 0. The van der Waals surface area contributed by atoms with Gasteiger partial charge in [0.1, 0.15) is 5.75 Å². The number of aromatic hydroxyl groups is 1. The molecule has 0 aromatic heterocycles. The first-order chi connectivity index (χ1) is 9.49. The van der Waals surface area contributed by atoms with Crippen molar-refractivity contribution in [2.24, 2.45) is 5.92 Å². The van der Waals surface area contributed by atoms with Crippen LogP contribution in [0.15, 0.2) is 18.2 Å². The number of aromatic carboxylic acids is 1. The topological polar surface area (TPSA) is 86.6 Å². The maximum Gasteiger partial charge on any atom is 0.335 e. The molecule has 0 aliphatic carbocycles. The van der Waals surface area contributed by atoms with E-state index in [0.717, 1.165) is 31.7 Å². The first kappa shape index (κ1) is 16.0. The molecule has 0 saturated carbocycles. The number of phenolic OH excluding ortho intramolecular Hbond substituents is 1. The molecule has 5 heteroatoms. The number of hydrogen-bond donors (Lipinski definition) is 3. The van der Waals surface area contributed by atoms with Crippen LogP contribution >= 0.6 is 0 Å². The number of carboxylic acids is 1. The molecule has 0 saturated heterocycles. The Morgan fingerprint density at radius 1 is 1.20 bits per heavy atom. The van der Waals surface area contributed by atoms with E-state index in [1.54, 1.807) is 0 Å². The quantitative estimate of drug-likeness (QED) is 0.669. The van der Waals surface area contributed by atoms with Gasteiger partial charge in [0.15, 0.2) is 0 Å². The van der Waals surface area contributed by atoms with E-state index in [0.29, 0.717) is 0 Å². The van der Waals surface area contributed by atoms with Crippen molar-refractivity contribution >= 4 is 17.6 Å². The zero-order chi connectivity index (χ0) is 15.1. The van der Waals surface area contributed by atoms with Gasteiger partial charge in [0.05, 0.1) is 11.3 Å². The average molecular weight is 279 g/mol. The monoisotopic (exact) mass is 279 g/mol. The highest BCUT2D eigenvalue weighted by Gasteiger charge is 2.18. The van der Waals surface area contributed by atoms with E-state index in [9.17, 15) is 14.7 Å². The maximum absolute atomic E-state index is 12.1. The van der Waals surface area contributed by atoms with Crippen molar-refractivity contribution in [3.8, 4) is 5.75 Å². The second kappa shape index (κ2) is 7.53. The highest BCUT2D eigenvalue weighted by molar-refractivity contribution is 5.95. The molecule has 0 aliphatic heterocycles. The van der Waals surface area contributed by atoms with Crippen LogP contribution in [-0.4, -0.2) is 22.1 Å². The molecule has 0 spiro atoms. The molecule has 1 amide bonds. The molecule has 0 bridgehead atoms. The predicted octanol–water partition coefficient (Wildman–Crippen LogP) is 3.25. The van der Waals surface area contributed by atoms with Crippen LogP contribution in [0.4, 0.5) is 5.69 Å². The standard InChI is InChI=1S/C15H21NO4/c1-3-5-10(6-4-2)14(18)16-12-8-7-11(15(19)20)9-13(12)17/h7-10,17H,3-6H2,1-2H3,(H,16,18)(H,19,20). The number of nitrogens with one attached hydrogen (secondary N) is 1. The summed E-state index contributed by atoms with van der Waals surface area (Å²) in [7, 11) is 0. The van der Waals surface area contributed by atoms with Crippen LogP contribution in [0.5, 0.6) is 5.75 Å². The second-order valence-corrected chi connectivity index (χ2v) is 4.80. The third-order valence-electron chi connectivity index (χ3n) is 3.15. The number of carbonyl (C=O) groups excluding carboxylic acids is 1. The van der Waals surface area contributed by atoms with E-state index < -0.39 is 5.97 Å². The van der Waals surface area contributed by atoms with Crippen LogP contribution in [0.25, 0.3) is 0 Å². The Kier molecular flexibility index (Phi) is 6.03. The Bertz CT molecular complexity index is 479. The molecule has 0 atom stereocenters. The number of carboxylic acid groups (broad SMARTS) is 1. The molecule has 1 rings (SSSR count). The molecule has 20 heavy (non-hydrogen) atoms. The summed E-state index contributed by atoms with van der Waals surface area (Å²) in [5, 5.41) is 21.2. The molecule has 3 N–H and O–H groups in total. The van der Waals surface area contributed by atoms with Crippen molar-refractivity contribution in [3.05, 3.63) is 23.8 Å². The van der Waals surface area contributed by atoms with E-state index in [1.807, 2.05) is 13.8 Å². The van der Waals surface area contributed by atoms with Gasteiger partial charge in [-0.15, -0.1) is 0 Å². The number of anilines is 1. The third kappa shape index (κ3) is 4.26. The lowest BCUT2D eigenvalue weighted by Crippen LogP contribution is -2.22. The van der Waals surface area contributed by atoms with Gasteiger partial charge < -0.3 is 15.5 Å². The van der Waals surface area contributed by atoms with Gasteiger partial charge in [-0.3, -0.25) is 4.79 Å². The third-order valence-corrected chi connectivity index (χ3v) is 3.15. The number of carbonyl (C=O) groups is 2. The molecular formula is C15H21NO4. The summed E-state index contributed by atoms with van der Waals surface area (Å²) in [5.74, 6) is -1.56. The lowest BCUT2D eigenvalue weighted by Gasteiger charge is -2.16. The number of rotatable bonds is 7. The first-order valence-corrected chi connectivity index (χ1v) is 6.86. The Morgan fingerprint density at radius 2 is 1.80 bits per heavy atom. The van der Waals surface area contributed by atoms with Crippen LogP contribution in [-0.2, 0) is 4.79 Å². The van der Waals surface area contributed by atoms with Gasteiger partial charge in [-0.1, -0.05) is 26.7 Å². The van der Waals surface area contributed by atoms with Gasteiger partial charge in [-0.05, 0) is 31.0 Å². The minimum atomic E-state index is -1.12. The number of amides is 1. The largest absolute Gasteiger partial charge is 0.506 e. The van der Waals surface area contributed by atoms with E-state index >= 15 is 0 Å². The summed E-state index contributed by atoms with van der Waals surface area (Å²) in [6.45, 7) is 4.05. The molecule has 1 aromatic rings. The molecule has 5 nitrogen and oxygen atoms in total. The minimum Gasteiger partial charge on any atom is -0.506 e. The van der Waals surface area contributed by atoms with Crippen molar-refractivity contribution in [2.75, 3.05) is 5.32 Å². The normalized spacial score (nSPS) is 10.6. The first-order valence-electron chi connectivity index (χ1n) is 6.86. The van der Waals surface area contributed by atoms with Crippen LogP contribution in [0.1, 0.15) is 49.9 Å². The minimum absolute atomic E-state index is 0.0147. The Balaban J connectivity index is 2.81. The van der Waals surface area contributed by atoms with Gasteiger partial charge in [0, 0.05) is 5.92 Å². The molecule has 0 fully saturated rings. The molecule has 0 heterocycles. The highest BCUT2D eigenvalue weighted by Crippen LogP contribution is 2.26. The average Bonchev–Trinajstić information content (AvgIpc) is 2.40. The molecule has 1 aromatic carbocycles. The van der Waals surface area contributed by atoms with Crippen molar-refractivity contribution in [1.82, 2.24) is 0 Å². The molecule has 0 unspecified atom stereocenters. The molecular weight excluding hydrogens is 258 g/mol. The lowest BCUT2D eigenvalue weighted by molar-refractivity contribution is -0.120. The van der Waals surface area contributed by atoms with E-state index in [1.165, 1.54) is 12.1 Å². The van der Waals surface area contributed by atoms with E-state index in [2.05, 4.69) is 5.32 Å². The fourth-order valence-electron chi connectivity index (χ4n) is 2.11. The van der Waals surface area contributed by atoms with Gasteiger partial charge in [0.2, 0.25) is 5.91 Å².